The third-order valence-electron chi connectivity index (χ3n) is 5.26. The van der Waals surface area contributed by atoms with Crippen molar-refractivity contribution in [2.24, 2.45) is 5.41 Å². The van der Waals surface area contributed by atoms with Gasteiger partial charge in [-0.1, -0.05) is 0 Å². The van der Waals surface area contributed by atoms with Crippen molar-refractivity contribution in [1.29, 1.82) is 0 Å². The molecule has 0 spiro atoms. The van der Waals surface area contributed by atoms with Crippen LogP contribution in [0.3, 0.4) is 0 Å². The fourth-order valence-electron chi connectivity index (χ4n) is 3.70. The molecule has 0 bridgehead atoms. The van der Waals surface area contributed by atoms with Gasteiger partial charge in [-0.25, -0.2) is 22.1 Å². The number of pyridine rings is 1. The molecule has 1 aromatic heterocycles. The van der Waals surface area contributed by atoms with Gasteiger partial charge in [0.25, 0.3) is 0 Å². The SMILES string of the molecule is O=S(=O)(C1CC1)N1CC[C@@H]2OCC[C@]2(COc2ncccc2F)C1. The van der Waals surface area contributed by atoms with Crippen molar-refractivity contribution in [3.8, 4) is 5.88 Å². The molecule has 1 saturated carbocycles. The molecular formula is C16H21FN2O4S. The molecule has 0 N–H and O–H groups in total. The molecule has 1 aromatic rings. The van der Waals surface area contributed by atoms with E-state index in [2.05, 4.69) is 4.98 Å². The Kier molecular flexibility index (Phi) is 4.01. The summed E-state index contributed by atoms with van der Waals surface area (Å²) in [6.45, 7) is 1.66. The second-order valence-corrected chi connectivity index (χ2v) is 9.13. The topological polar surface area (TPSA) is 68.7 Å². The molecule has 3 fully saturated rings. The highest BCUT2D eigenvalue weighted by Gasteiger charge is 2.52. The van der Waals surface area contributed by atoms with Crippen molar-refractivity contribution in [2.75, 3.05) is 26.3 Å². The second kappa shape index (κ2) is 5.93. The predicted octanol–water partition coefficient (Wildman–Crippen LogP) is 1.57. The third-order valence-corrected chi connectivity index (χ3v) is 7.61. The maximum Gasteiger partial charge on any atom is 0.250 e. The van der Waals surface area contributed by atoms with Crippen LogP contribution in [0.1, 0.15) is 25.7 Å². The summed E-state index contributed by atoms with van der Waals surface area (Å²) in [6, 6.07) is 2.81. The Bertz CT molecular complexity index is 725. The summed E-state index contributed by atoms with van der Waals surface area (Å²) < 4.78 is 51.9. The van der Waals surface area contributed by atoms with Crippen molar-refractivity contribution >= 4 is 10.0 Å². The fraction of sp³-hybridized carbons (Fsp3) is 0.688. The van der Waals surface area contributed by atoms with Gasteiger partial charge in [0.2, 0.25) is 15.9 Å². The Morgan fingerprint density at radius 1 is 1.42 bits per heavy atom. The second-order valence-electron chi connectivity index (χ2n) is 6.92. The van der Waals surface area contributed by atoms with Crippen LogP contribution in [0.4, 0.5) is 4.39 Å². The van der Waals surface area contributed by atoms with E-state index < -0.39 is 21.3 Å². The standard InChI is InChI=1S/C16H21FN2O4S/c17-13-2-1-7-18-15(13)23-11-16-6-9-22-14(16)5-8-19(10-16)24(20,21)12-3-4-12/h1-2,7,12,14H,3-6,8-11H2/t14-,16+/m0/s1. The van der Waals surface area contributed by atoms with E-state index in [9.17, 15) is 12.8 Å². The monoisotopic (exact) mass is 356 g/mol. The van der Waals surface area contributed by atoms with Gasteiger partial charge in [-0.15, -0.1) is 0 Å². The van der Waals surface area contributed by atoms with E-state index in [0.717, 1.165) is 12.8 Å². The van der Waals surface area contributed by atoms with Gasteiger partial charge in [-0.3, -0.25) is 0 Å². The van der Waals surface area contributed by atoms with E-state index in [1.165, 1.54) is 18.3 Å². The Balaban J connectivity index is 1.53. The minimum atomic E-state index is -3.22. The van der Waals surface area contributed by atoms with E-state index in [4.69, 9.17) is 9.47 Å². The van der Waals surface area contributed by atoms with Gasteiger partial charge in [0.1, 0.15) is 0 Å². The molecule has 1 aliphatic carbocycles. The number of piperidine rings is 1. The van der Waals surface area contributed by atoms with Crippen LogP contribution < -0.4 is 4.74 Å². The maximum absolute atomic E-state index is 13.7. The van der Waals surface area contributed by atoms with E-state index in [-0.39, 0.29) is 23.8 Å². The van der Waals surface area contributed by atoms with Crippen LogP contribution in [0.15, 0.2) is 18.3 Å². The largest absolute Gasteiger partial charge is 0.475 e. The van der Waals surface area contributed by atoms with Crippen LogP contribution in [0, 0.1) is 11.2 Å². The number of sulfonamides is 1. The number of hydrogen-bond donors (Lipinski definition) is 0. The first kappa shape index (κ1) is 16.2. The quantitative estimate of drug-likeness (QED) is 0.801. The lowest BCUT2D eigenvalue weighted by molar-refractivity contribution is -0.0206. The van der Waals surface area contributed by atoms with Crippen LogP contribution in [0.5, 0.6) is 5.88 Å². The molecule has 6 nitrogen and oxygen atoms in total. The molecule has 24 heavy (non-hydrogen) atoms. The summed E-state index contributed by atoms with van der Waals surface area (Å²) in [5.74, 6) is -0.553. The number of halogens is 1. The molecule has 2 saturated heterocycles. The molecular weight excluding hydrogens is 335 g/mol. The van der Waals surface area contributed by atoms with E-state index >= 15 is 0 Å². The Hall–Kier alpha value is -1.25. The van der Waals surface area contributed by atoms with Crippen molar-refractivity contribution in [3.63, 3.8) is 0 Å². The smallest absolute Gasteiger partial charge is 0.250 e. The zero-order valence-corrected chi connectivity index (χ0v) is 14.2. The molecule has 8 heteroatoms. The Labute approximate surface area is 141 Å². The van der Waals surface area contributed by atoms with Crippen molar-refractivity contribution < 1.29 is 22.3 Å². The highest BCUT2D eigenvalue weighted by Crippen LogP contribution is 2.43. The van der Waals surface area contributed by atoms with Crippen LogP contribution in [0.25, 0.3) is 0 Å². The molecule has 2 aliphatic heterocycles. The van der Waals surface area contributed by atoms with Gasteiger partial charge in [0, 0.05) is 31.3 Å². The number of ether oxygens (including phenoxy) is 2. The van der Waals surface area contributed by atoms with Crippen LogP contribution in [-0.2, 0) is 14.8 Å². The van der Waals surface area contributed by atoms with E-state index in [1.807, 2.05) is 0 Å². The zero-order chi connectivity index (χ0) is 16.8. The summed E-state index contributed by atoms with van der Waals surface area (Å²) >= 11 is 0. The van der Waals surface area contributed by atoms with Gasteiger partial charge < -0.3 is 9.47 Å². The summed E-state index contributed by atoms with van der Waals surface area (Å²) in [4.78, 5) is 3.91. The predicted molar refractivity (Wildman–Crippen MR) is 84.6 cm³/mol. The normalized spacial score (nSPS) is 31.0. The van der Waals surface area contributed by atoms with Gasteiger partial charge in [0.15, 0.2) is 5.82 Å². The first-order valence-corrected chi connectivity index (χ1v) is 9.85. The summed E-state index contributed by atoms with van der Waals surface area (Å²) in [6.07, 6.45) is 4.30. The van der Waals surface area contributed by atoms with Gasteiger partial charge >= 0.3 is 0 Å². The molecule has 3 heterocycles. The van der Waals surface area contributed by atoms with Crippen molar-refractivity contribution in [2.45, 2.75) is 37.0 Å². The average molecular weight is 356 g/mol. The lowest BCUT2D eigenvalue weighted by atomic mass is 9.78. The van der Waals surface area contributed by atoms with Crippen molar-refractivity contribution in [1.82, 2.24) is 9.29 Å². The van der Waals surface area contributed by atoms with Gasteiger partial charge in [0.05, 0.1) is 18.0 Å². The summed E-state index contributed by atoms with van der Waals surface area (Å²) in [7, 11) is -3.22. The lowest BCUT2D eigenvalue weighted by Crippen LogP contribution is -2.54. The molecule has 3 aliphatic rings. The first-order chi connectivity index (χ1) is 11.5. The molecule has 132 valence electrons. The average Bonchev–Trinajstić information content (AvgIpc) is 3.35. The zero-order valence-electron chi connectivity index (χ0n) is 13.4. The Morgan fingerprint density at radius 2 is 2.25 bits per heavy atom. The van der Waals surface area contributed by atoms with Crippen molar-refractivity contribution in [3.05, 3.63) is 24.1 Å². The Morgan fingerprint density at radius 3 is 3.00 bits per heavy atom. The highest BCUT2D eigenvalue weighted by molar-refractivity contribution is 7.90. The molecule has 4 rings (SSSR count). The number of hydrogen-bond acceptors (Lipinski definition) is 5. The van der Waals surface area contributed by atoms with E-state index in [1.54, 1.807) is 4.31 Å². The first-order valence-electron chi connectivity index (χ1n) is 8.35. The number of aromatic nitrogens is 1. The highest BCUT2D eigenvalue weighted by atomic mass is 32.2. The lowest BCUT2D eigenvalue weighted by Gasteiger charge is -2.42. The minimum absolute atomic E-state index is 0.0419. The maximum atomic E-state index is 13.7. The van der Waals surface area contributed by atoms with Crippen LogP contribution >= 0.6 is 0 Å². The molecule has 2 atom stereocenters. The third kappa shape index (κ3) is 2.80. The molecule has 0 unspecified atom stereocenters. The minimum Gasteiger partial charge on any atom is -0.475 e. The number of fused-ring (bicyclic) bond motifs is 1. The van der Waals surface area contributed by atoms with Gasteiger partial charge in [-0.05, 0) is 37.8 Å². The van der Waals surface area contributed by atoms with Crippen LogP contribution in [0.2, 0.25) is 0 Å². The number of nitrogens with zero attached hydrogens (tertiary/aromatic N) is 2. The van der Waals surface area contributed by atoms with E-state index in [0.29, 0.717) is 32.5 Å². The summed E-state index contributed by atoms with van der Waals surface area (Å²) in [5, 5.41) is -0.220. The number of rotatable bonds is 5. The molecule has 0 radical (unpaired) electrons. The van der Waals surface area contributed by atoms with Crippen LogP contribution in [-0.4, -0.2) is 55.4 Å². The van der Waals surface area contributed by atoms with Gasteiger partial charge in [-0.2, -0.15) is 0 Å². The summed E-state index contributed by atoms with van der Waals surface area (Å²) in [5.41, 5.74) is -0.426. The fourth-order valence-corrected chi connectivity index (χ4v) is 5.65. The molecule has 0 aromatic carbocycles. The molecule has 0 amide bonds.